The number of nitrogens with one attached hydrogen (secondary N) is 1. The van der Waals surface area contributed by atoms with Crippen molar-refractivity contribution in [2.75, 3.05) is 12.3 Å². The third-order valence-corrected chi connectivity index (χ3v) is 7.91. The molecule has 0 radical (unpaired) electrons. The summed E-state index contributed by atoms with van der Waals surface area (Å²) >= 11 is 14.5. The minimum absolute atomic E-state index is 0.124. The van der Waals surface area contributed by atoms with Crippen molar-refractivity contribution in [2.24, 2.45) is 0 Å². The maximum Gasteiger partial charge on any atom is 0.243 e. The van der Waals surface area contributed by atoms with Crippen LogP contribution >= 0.6 is 35.0 Å². The first-order valence-corrected chi connectivity index (χ1v) is 14.5. The van der Waals surface area contributed by atoms with Crippen LogP contribution in [0.25, 0.3) is 0 Å². The summed E-state index contributed by atoms with van der Waals surface area (Å²) in [6, 6.07) is 22.5. The molecule has 7 heteroatoms. The van der Waals surface area contributed by atoms with Gasteiger partial charge in [-0.1, -0.05) is 97.2 Å². The monoisotopic (exact) mass is 556 g/mol. The Bertz CT molecular complexity index is 1150. The number of unbranched alkanes of at least 4 members (excludes halogenated alkanes) is 1. The van der Waals surface area contributed by atoms with E-state index in [1.165, 1.54) is 11.1 Å². The van der Waals surface area contributed by atoms with Gasteiger partial charge in [-0.05, 0) is 42.2 Å². The van der Waals surface area contributed by atoms with Crippen LogP contribution in [0.4, 0.5) is 0 Å². The molecule has 0 fully saturated rings. The standard InChI is InChI=1S/C30H34Cl2N2O2S/c1-3-4-17-33-30(36)28(18-23-12-6-5-7-13-23)34(19-25-26(31)15-10-16-27(25)32)29(35)21-37-20-24-14-9-8-11-22(24)2/h5-16,28H,3-4,17-21H2,1-2H3,(H,33,36)/t28-/m0/s1. The Kier molecular flexibility index (Phi) is 11.8. The van der Waals surface area contributed by atoms with Gasteiger partial charge in [-0.2, -0.15) is 0 Å². The molecule has 0 spiro atoms. The van der Waals surface area contributed by atoms with Crippen molar-refractivity contribution in [2.45, 2.75) is 51.4 Å². The van der Waals surface area contributed by atoms with Crippen LogP contribution in [0.15, 0.2) is 72.8 Å². The van der Waals surface area contributed by atoms with E-state index in [1.54, 1.807) is 34.9 Å². The lowest BCUT2D eigenvalue weighted by atomic mass is 10.0. The molecule has 0 aliphatic heterocycles. The maximum absolute atomic E-state index is 13.8. The molecule has 2 amide bonds. The van der Waals surface area contributed by atoms with Crippen LogP contribution in [0.5, 0.6) is 0 Å². The summed E-state index contributed by atoms with van der Waals surface area (Å²) in [5.74, 6) is 0.661. The summed E-state index contributed by atoms with van der Waals surface area (Å²) in [4.78, 5) is 28.9. The van der Waals surface area contributed by atoms with E-state index >= 15 is 0 Å². The highest BCUT2D eigenvalue weighted by molar-refractivity contribution is 7.99. The first-order chi connectivity index (χ1) is 17.9. The molecule has 0 heterocycles. The van der Waals surface area contributed by atoms with Crippen LogP contribution < -0.4 is 5.32 Å². The van der Waals surface area contributed by atoms with Gasteiger partial charge in [0, 0.05) is 40.9 Å². The van der Waals surface area contributed by atoms with Gasteiger partial charge in [0.2, 0.25) is 11.8 Å². The fourth-order valence-corrected chi connectivity index (χ4v) is 5.52. The van der Waals surface area contributed by atoms with Crippen molar-refractivity contribution in [3.05, 3.63) is 105 Å². The summed E-state index contributed by atoms with van der Waals surface area (Å²) in [6.45, 7) is 4.87. The van der Waals surface area contributed by atoms with Crippen LogP contribution in [0.2, 0.25) is 10.0 Å². The van der Waals surface area contributed by atoms with Crippen LogP contribution in [-0.4, -0.2) is 35.1 Å². The first-order valence-electron chi connectivity index (χ1n) is 12.6. The lowest BCUT2D eigenvalue weighted by Gasteiger charge is -2.32. The molecule has 0 aliphatic rings. The first kappa shape index (κ1) is 29.1. The Balaban J connectivity index is 1.88. The molecule has 0 bridgehead atoms. The van der Waals surface area contributed by atoms with E-state index in [4.69, 9.17) is 23.2 Å². The SMILES string of the molecule is CCCCNC(=O)[C@H](Cc1ccccc1)N(Cc1c(Cl)cccc1Cl)C(=O)CSCc1ccccc1C. The third kappa shape index (κ3) is 8.80. The number of halogens is 2. The molecule has 1 N–H and O–H groups in total. The van der Waals surface area contributed by atoms with Gasteiger partial charge in [0.15, 0.2) is 0 Å². The van der Waals surface area contributed by atoms with Gasteiger partial charge in [0.05, 0.1) is 5.75 Å². The van der Waals surface area contributed by atoms with Crippen molar-refractivity contribution in [1.29, 1.82) is 0 Å². The summed E-state index contributed by atoms with van der Waals surface area (Å²) < 4.78 is 0. The predicted molar refractivity (Wildman–Crippen MR) is 156 cm³/mol. The Morgan fingerprint density at radius 1 is 0.946 bits per heavy atom. The lowest BCUT2D eigenvalue weighted by molar-refractivity contribution is -0.139. The zero-order valence-electron chi connectivity index (χ0n) is 21.4. The maximum atomic E-state index is 13.8. The number of hydrogen-bond donors (Lipinski definition) is 1. The van der Waals surface area contributed by atoms with E-state index in [9.17, 15) is 9.59 Å². The average molecular weight is 558 g/mol. The number of benzene rings is 3. The Hall–Kier alpha value is -2.47. The Morgan fingerprint density at radius 2 is 1.62 bits per heavy atom. The second-order valence-corrected chi connectivity index (χ2v) is 10.8. The minimum Gasteiger partial charge on any atom is -0.354 e. The number of hydrogen-bond acceptors (Lipinski definition) is 3. The molecule has 3 aromatic rings. The fourth-order valence-electron chi connectivity index (χ4n) is 4.02. The van der Waals surface area contributed by atoms with E-state index in [-0.39, 0.29) is 24.1 Å². The van der Waals surface area contributed by atoms with E-state index in [0.717, 1.165) is 18.4 Å². The van der Waals surface area contributed by atoms with Gasteiger partial charge in [-0.3, -0.25) is 9.59 Å². The van der Waals surface area contributed by atoms with Gasteiger partial charge in [0.1, 0.15) is 6.04 Å². The minimum atomic E-state index is -0.696. The summed E-state index contributed by atoms with van der Waals surface area (Å²) in [5.41, 5.74) is 4.01. The Morgan fingerprint density at radius 3 is 2.30 bits per heavy atom. The van der Waals surface area contributed by atoms with Gasteiger partial charge in [0.25, 0.3) is 0 Å². The molecule has 0 aliphatic carbocycles. The smallest absolute Gasteiger partial charge is 0.243 e. The van der Waals surface area contributed by atoms with Gasteiger partial charge in [-0.25, -0.2) is 0 Å². The molecule has 1 atom stereocenters. The molecule has 0 saturated heterocycles. The Labute approximate surface area is 234 Å². The van der Waals surface area contributed by atoms with E-state index in [2.05, 4.69) is 31.3 Å². The molecule has 4 nitrogen and oxygen atoms in total. The summed E-state index contributed by atoms with van der Waals surface area (Å²) in [6.07, 6.45) is 2.24. The lowest BCUT2D eigenvalue weighted by Crippen LogP contribution is -2.51. The van der Waals surface area contributed by atoms with Gasteiger partial charge < -0.3 is 10.2 Å². The van der Waals surface area contributed by atoms with Crippen molar-refractivity contribution < 1.29 is 9.59 Å². The predicted octanol–water partition coefficient (Wildman–Crippen LogP) is 7.09. The zero-order chi connectivity index (χ0) is 26.6. The summed E-state index contributed by atoms with van der Waals surface area (Å²) in [5, 5.41) is 3.99. The van der Waals surface area contributed by atoms with Crippen molar-refractivity contribution in [3.8, 4) is 0 Å². The van der Waals surface area contributed by atoms with Gasteiger partial charge >= 0.3 is 0 Å². The molecule has 196 valence electrons. The third-order valence-electron chi connectivity index (χ3n) is 6.24. The van der Waals surface area contributed by atoms with Crippen molar-refractivity contribution >= 4 is 46.8 Å². The van der Waals surface area contributed by atoms with Crippen molar-refractivity contribution in [3.63, 3.8) is 0 Å². The molecule has 3 rings (SSSR count). The average Bonchev–Trinajstić information content (AvgIpc) is 2.89. The molecule has 0 saturated carbocycles. The highest BCUT2D eigenvalue weighted by Gasteiger charge is 2.31. The number of aryl methyl sites for hydroxylation is 1. The fraction of sp³-hybridized carbons (Fsp3) is 0.333. The van der Waals surface area contributed by atoms with Crippen LogP contribution in [-0.2, 0) is 28.3 Å². The summed E-state index contributed by atoms with van der Waals surface area (Å²) in [7, 11) is 0. The zero-order valence-corrected chi connectivity index (χ0v) is 23.7. The normalized spacial score (nSPS) is 11.7. The largest absolute Gasteiger partial charge is 0.354 e. The van der Waals surface area contributed by atoms with Crippen LogP contribution in [0.3, 0.4) is 0 Å². The topological polar surface area (TPSA) is 49.4 Å². The number of carbonyl (C=O) groups excluding carboxylic acids is 2. The molecule has 37 heavy (non-hydrogen) atoms. The number of carbonyl (C=O) groups is 2. The quantitative estimate of drug-likeness (QED) is 0.228. The van der Waals surface area contributed by atoms with E-state index in [1.807, 2.05) is 42.5 Å². The molecule has 0 unspecified atom stereocenters. The molecule has 0 aromatic heterocycles. The van der Waals surface area contributed by atoms with E-state index < -0.39 is 6.04 Å². The number of amides is 2. The second kappa shape index (κ2) is 15.1. The second-order valence-electron chi connectivity index (χ2n) is 8.99. The van der Waals surface area contributed by atoms with Crippen molar-refractivity contribution in [1.82, 2.24) is 10.2 Å². The van der Waals surface area contributed by atoms with Crippen LogP contribution in [0, 0.1) is 6.92 Å². The van der Waals surface area contributed by atoms with Gasteiger partial charge in [-0.15, -0.1) is 11.8 Å². The molecular formula is C30H34Cl2N2O2S. The molecule has 3 aromatic carbocycles. The number of nitrogens with zero attached hydrogens (tertiary/aromatic N) is 1. The van der Waals surface area contributed by atoms with E-state index in [0.29, 0.717) is 34.3 Å². The highest BCUT2D eigenvalue weighted by Crippen LogP contribution is 2.28. The number of thioether (sulfide) groups is 1. The molecular weight excluding hydrogens is 523 g/mol. The highest BCUT2D eigenvalue weighted by atomic mass is 35.5. The number of rotatable bonds is 13. The van der Waals surface area contributed by atoms with Crippen LogP contribution in [0.1, 0.15) is 42.0 Å².